The predicted octanol–water partition coefficient (Wildman–Crippen LogP) is 1.78. The molecule has 1 N–H and O–H groups in total. The van der Waals surface area contributed by atoms with Crippen molar-refractivity contribution < 1.29 is 19.3 Å². The first-order valence-electron chi connectivity index (χ1n) is 5.75. The third-order valence-electron chi connectivity index (χ3n) is 2.95. The molecule has 1 fully saturated rings. The van der Waals surface area contributed by atoms with E-state index in [1.807, 2.05) is 23.8 Å². The van der Waals surface area contributed by atoms with Gasteiger partial charge in [0.1, 0.15) is 12.2 Å². The summed E-state index contributed by atoms with van der Waals surface area (Å²) in [4.78, 5) is 0. The van der Waals surface area contributed by atoms with Crippen LogP contribution in [-0.4, -0.2) is 36.8 Å². The average molecular weight is 258 g/mol. The van der Waals surface area contributed by atoms with Crippen LogP contribution in [0.1, 0.15) is 18.9 Å². The molecule has 0 radical (unpaired) electrons. The van der Waals surface area contributed by atoms with Gasteiger partial charge in [0.2, 0.25) is 0 Å². The number of aliphatic hydroxyl groups excluding tert-OH is 1. The summed E-state index contributed by atoms with van der Waals surface area (Å²) < 4.78 is 16.4. The molecule has 0 bridgehead atoms. The zero-order valence-electron chi connectivity index (χ0n) is 10.0. The van der Waals surface area contributed by atoms with E-state index < -0.39 is 12.4 Å². The molecule has 0 aliphatic carbocycles. The second-order valence-electron chi connectivity index (χ2n) is 4.08. The van der Waals surface area contributed by atoms with Crippen LogP contribution in [0.2, 0.25) is 0 Å². The molecule has 96 valence electrons. The quantitative estimate of drug-likeness (QED) is 0.874. The van der Waals surface area contributed by atoms with E-state index in [0.29, 0.717) is 6.61 Å². The van der Waals surface area contributed by atoms with Crippen molar-refractivity contribution in [3.63, 3.8) is 0 Å². The Morgan fingerprint density at radius 3 is 2.94 bits per heavy atom. The summed E-state index contributed by atoms with van der Waals surface area (Å²) >= 11 is 1.64. The molecule has 0 spiro atoms. The van der Waals surface area contributed by atoms with Crippen LogP contribution in [0.3, 0.4) is 0 Å². The zero-order valence-corrected chi connectivity index (χ0v) is 10.9. The third-order valence-corrected chi connectivity index (χ3v) is 3.68. The molecule has 2 heterocycles. The van der Waals surface area contributed by atoms with Crippen LogP contribution in [0.15, 0.2) is 16.8 Å². The lowest BCUT2D eigenvalue weighted by molar-refractivity contribution is -0.148. The van der Waals surface area contributed by atoms with Gasteiger partial charge in [0.25, 0.3) is 0 Å². The first-order valence-corrected chi connectivity index (χ1v) is 6.69. The average Bonchev–Trinajstić information content (AvgIpc) is 2.94. The maximum atomic E-state index is 10.0. The van der Waals surface area contributed by atoms with E-state index in [-0.39, 0.29) is 12.2 Å². The highest BCUT2D eigenvalue weighted by Crippen LogP contribution is 2.27. The second kappa shape index (κ2) is 5.93. The van der Waals surface area contributed by atoms with E-state index in [0.717, 1.165) is 12.0 Å². The van der Waals surface area contributed by atoms with E-state index in [1.165, 1.54) is 7.11 Å². The van der Waals surface area contributed by atoms with Gasteiger partial charge in [-0.05, 0) is 28.8 Å². The Morgan fingerprint density at radius 1 is 1.53 bits per heavy atom. The Bertz CT molecular complexity index is 325. The van der Waals surface area contributed by atoms with Gasteiger partial charge >= 0.3 is 0 Å². The molecule has 1 aliphatic rings. The molecule has 1 aromatic rings. The van der Waals surface area contributed by atoms with Crippen molar-refractivity contribution in [1.82, 2.24) is 0 Å². The summed E-state index contributed by atoms with van der Waals surface area (Å²) in [6.07, 6.45) is -0.917. The number of rotatable bonds is 5. The summed E-state index contributed by atoms with van der Waals surface area (Å²) in [5.74, 6) is 0. The molecule has 2 rings (SSSR count). The largest absolute Gasteiger partial charge is 0.385 e. The molecule has 17 heavy (non-hydrogen) atoms. The van der Waals surface area contributed by atoms with E-state index in [4.69, 9.17) is 14.2 Å². The molecule has 5 heteroatoms. The Labute approximate surface area is 105 Å². The molecule has 4 nitrogen and oxygen atoms in total. The number of hydrogen-bond donors (Lipinski definition) is 1. The van der Waals surface area contributed by atoms with Gasteiger partial charge in [-0.25, -0.2) is 0 Å². The van der Waals surface area contributed by atoms with Crippen molar-refractivity contribution in [2.45, 2.75) is 44.6 Å². The summed E-state index contributed by atoms with van der Waals surface area (Å²) in [5.41, 5.74) is 1.12. The van der Waals surface area contributed by atoms with Crippen LogP contribution in [0.5, 0.6) is 0 Å². The van der Waals surface area contributed by atoms with Crippen LogP contribution in [0.4, 0.5) is 0 Å². The Kier molecular flexibility index (Phi) is 4.53. The van der Waals surface area contributed by atoms with Crippen molar-refractivity contribution in [2.75, 3.05) is 7.11 Å². The van der Waals surface area contributed by atoms with Gasteiger partial charge in [0.15, 0.2) is 6.29 Å². The van der Waals surface area contributed by atoms with Gasteiger partial charge in [-0.1, -0.05) is 6.92 Å². The molecular weight excluding hydrogens is 240 g/mol. The monoisotopic (exact) mass is 258 g/mol. The highest BCUT2D eigenvalue weighted by atomic mass is 32.1. The maximum absolute atomic E-state index is 10.0. The summed E-state index contributed by atoms with van der Waals surface area (Å²) in [7, 11) is 1.53. The minimum absolute atomic E-state index is 0.103. The highest BCUT2D eigenvalue weighted by Gasteiger charge is 2.43. The molecule has 1 aromatic heterocycles. The van der Waals surface area contributed by atoms with Gasteiger partial charge in [-0.2, -0.15) is 11.3 Å². The van der Waals surface area contributed by atoms with Crippen LogP contribution < -0.4 is 0 Å². The fraction of sp³-hybridized carbons (Fsp3) is 0.667. The van der Waals surface area contributed by atoms with Crippen molar-refractivity contribution in [3.05, 3.63) is 22.4 Å². The third kappa shape index (κ3) is 2.86. The Hall–Kier alpha value is -0.460. The minimum Gasteiger partial charge on any atom is -0.385 e. The SMILES string of the molecule is CC[C@H]1OC(OC)[C@H](O)[C@H]1OCc1ccsc1. The topological polar surface area (TPSA) is 47.9 Å². The highest BCUT2D eigenvalue weighted by molar-refractivity contribution is 7.07. The molecule has 1 saturated heterocycles. The smallest absolute Gasteiger partial charge is 0.186 e. The van der Waals surface area contributed by atoms with E-state index in [9.17, 15) is 5.11 Å². The van der Waals surface area contributed by atoms with Crippen molar-refractivity contribution in [1.29, 1.82) is 0 Å². The van der Waals surface area contributed by atoms with E-state index in [2.05, 4.69) is 0 Å². The van der Waals surface area contributed by atoms with Gasteiger partial charge in [-0.3, -0.25) is 0 Å². The number of aliphatic hydroxyl groups is 1. The number of hydrogen-bond acceptors (Lipinski definition) is 5. The van der Waals surface area contributed by atoms with Crippen molar-refractivity contribution in [3.8, 4) is 0 Å². The number of methoxy groups -OCH3 is 1. The fourth-order valence-electron chi connectivity index (χ4n) is 2.00. The first kappa shape index (κ1) is 13.0. The number of thiophene rings is 1. The lowest BCUT2D eigenvalue weighted by atomic mass is 10.1. The Balaban J connectivity index is 1.93. The molecule has 0 amide bonds. The van der Waals surface area contributed by atoms with Crippen LogP contribution in [0, 0.1) is 0 Å². The molecule has 1 unspecified atom stereocenters. The fourth-order valence-corrected chi connectivity index (χ4v) is 2.65. The van der Waals surface area contributed by atoms with E-state index in [1.54, 1.807) is 11.3 Å². The standard InChI is InChI=1S/C12H18O4S/c1-3-9-11(10(13)12(14-2)16-9)15-6-8-4-5-17-7-8/h4-5,7,9-13H,3,6H2,1-2H3/t9-,10-,11+,12?/m1/s1. The molecule has 0 aromatic carbocycles. The second-order valence-corrected chi connectivity index (χ2v) is 4.86. The summed E-state index contributed by atoms with van der Waals surface area (Å²) in [6, 6.07) is 2.02. The molecule has 1 aliphatic heterocycles. The lowest BCUT2D eigenvalue weighted by Gasteiger charge is -2.19. The summed E-state index contributed by atoms with van der Waals surface area (Å²) in [6.45, 7) is 2.51. The lowest BCUT2D eigenvalue weighted by Crippen LogP contribution is -2.35. The van der Waals surface area contributed by atoms with Gasteiger partial charge < -0.3 is 19.3 Å². The normalized spacial score (nSPS) is 33.1. The van der Waals surface area contributed by atoms with Crippen LogP contribution in [-0.2, 0) is 20.8 Å². The van der Waals surface area contributed by atoms with Gasteiger partial charge in [0, 0.05) is 7.11 Å². The zero-order chi connectivity index (χ0) is 12.3. The molecule has 0 saturated carbocycles. The minimum atomic E-state index is -0.719. The van der Waals surface area contributed by atoms with Gasteiger partial charge in [0.05, 0.1) is 12.7 Å². The first-order chi connectivity index (χ1) is 8.26. The predicted molar refractivity (Wildman–Crippen MR) is 64.9 cm³/mol. The van der Waals surface area contributed by atoms with Crippen molar-refractivity contribution in [2.24, 2.45) is 0 Å². The van der Waals surface area contributed by atoms with Crippen LogP contribution in [0.25, 0.3) is 0 Å². The van der Waals surface area contributed by atoms with Crippen molar-refractivity contribution >= 4 is 11.3 Å². The molecular formula is C12H18O4S. The number of ether oxygens (including phenoxy) is 3. The Morgan fingerprint density at radius 2 is 2.35 bits per heavy atom. The van der Waals surface area contributed by atoms with Gasteiger partial charge in [-0.15, -0.1) is 0 Å². The summed E-state index contributed by atoms with van der Waals surface area (Å²) in [5, 5.41) is 14.1. The van der Waals surface area contributed by atoms with Crippen LogP contribution >= 0.6 is 11.3 Å². The van der Waals surface area contributed by atoms with E-state index >= 15 is 0 Å². The molecule has 4 atom stereocenters. The maximum Gasteiger partial charge on any atom is 0.186 e.